The number of alkyl halides is 1. The van der Waals surface area contributed by atoms with Gasteiger partial charge in [-0.15, -0.1) is 0 Å². The number of carbonyl (C=O) groups is 2. The van der Waals surface area contributed by atoms with Crippen LogP contribution in [0.3, 0.4) is 0 Å². The first-order valence-corrected chi connectivity index (χ1v) is 2.88. The van der Waals surface area contributed by atoms with Gasteiger partial charge in [0, 0.05) is 0 Å². The van der Waals surface area contributed by atoms with E-state index in [1.165, 1.54) is 6.92 Å². The maximum atomic E-state index is 12.7. The van der Waals surface area contributed by atoms with E-state index in [0.29, 0.717) is 0 Å². The van der Waals surface area contributed by atoms with Crippen LogP contribution in [0.25, 0.3) is 0 Å². The largest absolute Gasteiger partial charge is 0.475 e. The van der Waals surface area contributed by atoms with Crippen LogP contribution in [0, 0.1) is 0 Å². The summed E-state index contributed by atoms with van der Waals surface area (Å²) in [6.07, 6.45) is -0.113. The molecule has 1 N–H and O–H groups in total. The summed E-state index contributed by atoms with van der Waals surface area (Å²) in [5.41, 5.74) is -2.22. The van der Waals surface area contributed by atoms with Crippen molar-refractivity contribution in [1.82, 2.24) is 0 Å². The van der Waals surface area contributed by atoms with Crippen molar-refractivity contribution < 1.29 is 19.1 Å². The Bertz CT molecular complexity index is 162. The van der Waals surface area contributed by atoms with Gasteiger partial charge in [0.05, 0.1) is 0 Å². The predicted molar refractivity (Wildman–Crippen MR) is 32.4 cm³/mol. The van der Waals surface area contributed by atoms with E-state index >= 15 is 0 Å². The van der Waals surface area contributed by atoms with Gasteiger partial charge in [0.1, 0.15) is 0 Å². The first-order valence-electron chi connectivity index (χ1n) is 2.88. The molecule has 1 unspecified atom stereocenters. The van der Waals surface area contributed by atoms with Crippen LogP contribution in [0.4, 0.5) is 4.39 Å². The van der Waals surface area contributed by atoms with Crippen LogP contribution in [-0.4, -0.2) is 22.5 Å². The van der Waals surface area contributed by atoms with Gasteiger partial charge in [-0.05, 0) is 13.3 Å². The monoisotopic (exact) mass is 148 g/mol. The summed E-state index contributed by atoms with van der Waals surface area (Å²) in [5, 5.41) is 8.06. The zero-order valence-corrected chi connectivity index (χ0v) is 5.85. The SMILES string of the molecule is CCC(C)(F)C(=O)C(=O)O. The molecule has 0 fully saturated rings. The lowest BCUT2D eigenvalue weighted by Gasteiger charge is -2.12. The van der Waals surface area contributed by atoms with Crippen LogP contribution in [0.2, 0.25) is 0 Å². The third-order valence-corrected chi connectivity index (χ3v) is 1.33. The number of aliphatic carboxylic acids is 1. The Labute approximate surface area is 57.8 Å². The van der Waals surface area contributed by atoms with E-state index in [4.69, 9.17) is 5.11 Å². The van der Waals surface area contributed by atoms with E-state index in [-0.39, 0.29) is 6.42 Å². The quantitative estimate of drug-likeness (QED) is 0.601. The van der Waals surface area contributed by atoms with Crippen molar-refractivity contribution in [2.75, 3.05) is 0 Å². The van der Waals surface area contributed by atoms with Crippen LogP contribution in [0.15, 0.2) is 0 Å². The lowest BCUT2D eigenvalue weighted by molar-refractivity contribution is -0.154. The van der Waals surface area contributed by atoms with E-state index < -0.39 is 17.4 Å². The third-order valence-electron chi connectivity index (χ3n) is 1.33. The second-order valence-electron chi connectivity index (χ2n) is 2.19. The molecular weight excluding hydrogens is 139 g/mol. The molecule has 3 nitrogen and oxygen atoms in total. The highest BCUT2D eigenvalue weighted by Crippen LogP contribution is 2.15. The molecule has 10 heavy (non-hydrogen) atoms. The van der Waals surface area contributed by atoms with Crippen molar-refractivity contribution in [1.29, 1.82) is 0 Å². The molecule has 0 amide bonds. The van der Waals surface area contributed by atoms with Crippen molar-refractivity contribution in [2.45, 2.75) is 25.9 Å². The van der Waals surface area contributed by atoms with E-state index in [1.54, 1.807) is 0 Å². The van der Waals surface area contributed by atoms with Crippen molar-refractivity contribution >= 4 is 11.8 Å². The summed E-state index contributed by atoms with van der Waals surface area (Å²) in [7, 11) is 0. The van der Waals surface area contributed by atoms with Crippen LogP contribution in [0.1, 0.15) is 20.3 Å². The Hall–Kier alpha value is -0.930. The number of carboxylic acids is 1. The van der Waals surface area contributed by atoms with Gasteiger partial charge in [-0.2, -0.15) is 0 Å². The summed E-state index contributed by atoms with van der Waals surface area (Å²) in [4.78, 5) is 20.3. The molecule has 0 bridgehead atoms. The zero-order valence-electron chi connectivity index (χ0n) is 5.85. The van der Waals surface area contributed by atoms with E-state index in [1.807, 2.05) is 0 Å². The van der Waals surface area contributed by atoms with Crippen molar-refractivity contribution in [3.05, 3.63) is 0 Å². The number of halogens is 1. The molecule has 0 aliphatic carbocycles. The fourth-order valence-corrected chi connectivity index (χ4v) is 0.384. The summed E-state index contributed by atoms with van der Waals surface area (Å²) in [6.45, 7) is 2.38. The Morgan fingerprint density at radius 2 is 2.00 bits per heavy atom. The lowest BCUT2D eigenvalue weighted by Crippen LogP contribution is -2.35. The first-order chi connectivity index (χ1) is 4.41. The minimum atomic E-state index is -2.22. The number of hydrogen-bond acceptors (Lipinski definition) is 2. The molecule has 0 radical (unpaired) electrons. The zero-order chi connectivity index (χ0) is 8.36. The van der Waals surface area contributed by atoms with Crippen LogP contribution in [0.5, 0.6) is 0 Å². The van der Waals surface area contributed by atoms with Crippen molar-refractivity contribution in [3.63, 3.8) is 0 Å². The maximum absolute atomic E-state index is 12.7. The summed E-state index contributed by atoms with van der Waals surface area (Å²) >= 11 is 0. The standard InChI is InChI=1S/C6H9FO3/c1-3-6(2,7)4(8)5(9)10/h3H2,1-2H3,(H,9,10). The summed E-state index contributed by atoms with van der Waals surface area (Å²) in [6, 6.07) is 0. The smallest absolute Gasteiger partial charge is 0.375 e. The van der Waals surface area contributed by atoms with Gasteiger partial charge in [-0.25, -0.2) is 9.18 Å². The summed E-state index contributed by atoms with van der Waals surface area (Å²) < 4.78 is 12.7. The van der Waals surface area contributed by atoms with E-state index in [2.05, 4.69) is 0 Å². The minimum Gasteiger partial charge on any atom is -0.475 e. The molecule has 0 saturated heterocycles. The highest BCUT2D eigenvalue weighted by Gasteiger charge is 2.35. The highest BCUT2D eigenvalue weighted by molar-refractivity contribution is 6.35. The fourth-order valence-electron chi connectivity index (χ4n) is 0.384. The average molecular weight is 148 g/mol. The normalized spacial score (nSPS) is 15.9. The molecule has 4 heteroatoms. The van der Waals surface area contributed by atoms with E-state index in [9.17, 15) is 14.0 Å². The number of carbonyl (C=O) groups excluding carboxylic acids is 1. The minimum absolute atomic E-state index is 0.113. The van der Waals surface area contributed by atoms with Gasteiger partial charge in [-0.1, -0.05) is 6.92 Å². The second-order valence-corrected chi connectivity index (χ2v) is 2.19. The molecule has 0 aromatic carbocycles. The topological polar surface area (TPSA) is 54.4 Å². The summed E-state index contributed by atoms with van der Waals surface area (Å²) in [5.74, 6) is -3.10. The van der Waals surface area contributed by atoms with Gasteiger partial charge in [0.2, 0.25) is 0 Å². The van der Waals surface area contributed by atoms with Gasteiger partial charge >= 0.3 is 5.97 Å². The Balaban J connectivity index is 4.33. The fraction of sp³-hybridized carbons (Fsp3) is 0.667. The van der Waals surface area contributed by atoms with Crippen molar-refractivity contribution in [3.8, 4) is 0 Å². The first kappa shape index (κ1) is 9.07. The van der Waals surface area contributed by atoms with Crippen LogP contribution < -0.4 is 0 Å². The Kier molecular flexibility index (Phi) is 2.51. The molecule has 0 saturated carbocycles. The molecule has 0 rings (SSSR count). The predicted octanol–water partition coefficient (Wildman–Crippen LogP) is 0.778. The highest BCUT2D eigenvalue weighted by atomic mass is 19.1. The van der Waals surface area contributed by atoms with Gasteiger partial charge in [0.25, 0.3) is 5.78 Å². The lowest BCUT2D eigenvalue weighted by atomic mass is 10.0. The molecule has 0 spiro atoms. The maximum Gasteiger partial charge on any atom is 0.375 e. The Morgan fingerprint density at radius 3 is 2.10 bits per heavy atom. The van der Waals surface area contributed by atoms with Crippen LogP contribution in [-0.2, 0) is 9.59 Å². The molecular formula is C6H9FO3. The molecule has 0 aromatic heterocycles. The molecule has 58 valence electrons. The number of hydrogen-bond donors (Lipinski definition) is 1. The second kappa shape index (κ2) is 2.77. The molecule has 0 aromatic rings. The number of Topliss-reactive ketones (excluding diaryl/α,β-unsaturated/α-hetero) is 1. The molecule has 0 heterocycles. The van der Waals surface area contributed by atoms with Gasteiger partial charge in [0.15, 0.2) is 5.67 Å². The number of ketones is 1. The van der Waals surface area contributed by atoms with Crippen LogP contribution >= 0.6 is 0 Å². The third kappa shape index (κ3) is 1.79. The molecule has 1 atom stereocenters. The molecule has 0 aliphatic rings. The van der Waals surface area contributed by atoms with Crippen molar-refractivity contribution in [2.24, 2.45) is 0 Å². The number of carboxylic acid groups (broad SMARTS) is 1. The van der Waals surface area contributed by atoms with Gasteiger partial charge < -0.3 is 5.11 Å². The molecule has 0 aliphatic heterocycles. The average Bonchev–Trinajstić information content (AvgIpc) is 1.86. The Morgan fingerprint density at radius 1 is 1.60 bits per heavy atom. The van der Waals surface area contributed by atoms with E-state index in [0.717, 1.165) is 6.92 Å². The number of rotatable bonds is 3. The van der Waals surface area contributed by atoms with Gasteiger partial charge in [-0.3, -0.25) is 4.79 Å².